The number of fused-ring (bicyclic) bond motifs is 1. The van der Waals surface area contributed by atoms with Crippen molar-refractivity contribution in [2.75, 3.05) is 13.1 Å². The van der Waals surface area contributed by atoms with Crippen LogP contribution in [0.15, 0.2) is 49.3 Å². The summed E-state index contributed by atoms with van der Waals surface area (Å²) in [5, 5.41) is 5.50. The molecule has 174 valence electrons. The lowest BCUT2D eigenvalue weighted by Crippen LogP contribution is -2.28. The molecule has 5 nitrogen and oxygen atoms in total. The molecule has 4 heterocycles. The molecule has 0 atom stereocenters. The molecule has 0 aliphatic carbocycles. The number of piperidine rings is 1. The van der Waals surface area contributed by atoms with Crippen LogP contribution in [0.25, 0.3) is 39.9 Å². The fourth-order valence-corrected chi connectivity index (χ4v) is 4.94. The lowest BCUT2D eigenvalue weighted by Gasteiger charge is -2.26. The van der Waals surface area contributed by atoms with E-state index in [1.54, 1.807) is 0 Å². The van der Waals surface area contributed by atoms with Crippen LogP contribution < -0.4 is 0 Å². The Kier molecular flexibility index (Phi) is 6.20. The molecule has 5 rings (SSSR count). The van der Waals surface area contributed by atoms with Gasteiger partial charge in [0.05, 0.1) is 6.20 Å². The molecule has 1 aliphatic heterocycles. The summed E-state index contributed by atoms with van der Waals surface area (Å²) in [5.74, 6) is 0. The number of likely N-dealkylation sites (tertiary alicyclic amines) is 1. The van der Waals surface area contributed by atoms with E-state index < -0.39 is 0 Å². The zero-order valence-corrected chi connectivity index (χ0v) is 20.4. The maximum absolute atomic E-state index is 4.75. The number of aromatic amines is 1. The molecule has 1 aromatic carbocycles. The van der Waals surface area contributed by atoms with Gasteiger partial charge >= 0.3 is 0 Å². The molecular weight excluding hydrogens is 418 g/mol. The fraction of sp³-hybridized carbons (Fsp3) is 0.310. The van der Waals surface area contributed by atoms with Gasteiger partial charge in [0.25, 0.3) is 0 Å². The predicted molar refractivity (Wildman–Crippen MR) is 142 cm³/mol. The summed E-state index contributed by atoms with van der Waals surface area (Å²) in [6.07, 6.45) is 12.0. The van der Waals surface area contributed by atoms with Crippen molar-refractivity contribution in [3.05, 3.63) is 77.4 Å². The number of aryl methyl sites for hydroxylation is 1. The molecule has 0 spiro atoms. The Balaban J connectivity index is 1.47. The van der Waals surface area contributed by atoms with E-state index in [4.69, 9.17) is 4.98 Å². The second-order valence-corrected chi connectivity index (χ2v) is 9.40. The van der Waals surface area contributed by atoms with Crippen LogP contribution in [0.5, 0.6) is 0 Å². The van der Waals surface area contributed by atoms with Gasteiger partial charge in [-0.2, -0.15) is 5.10 Å². The average molecular weight is 452 g/mol. The van der Waals surface area contributed by atoms with E-state index in [1.165, 1.54) is 49.1 Å². The summed E-state index contributed by atoms with van der Waals surface area (Å²) in [6, 6.07) is 11.2. The van der Waals surface area contributed by atoms with Gasteiger partial charge in [0.2, 0.25) is 0 Å². The van der Waals surface area contributed by atoms with E-state index in [0.29, 0.717) is 0 Å². The molecule has 1 aliphatic rings. The number of hydrogen-bond acceptors (Lipinski definition) is 3. The summed E-state index contributed by atoms with van der Waals surface area (Å²) >= 11 is 0. The van der Waals surface area contributed by atoms with Crippen molar-refractivity contribution in [1.29, 1.82) is 0 Å². The Labute approximate surface area is 201 Å². The topological polar surface area (TPSA) is 49.7 Å². The van der Waals surface area contributed by atoms with Crippen molar-refractivity contribution in [3.63, 3.8) is 0 Å². The second kappa shape index (κ2) is 9.43. The van der Waals surface area contributed by atoms with Gasteiger partial charge in [-0.3, -0.25) is 9.58 Å². The third-order valence-corrected chi connectivity index (χ3v) is 7.09. The number of nitrogens with one attached hydrogen (secondary N) is 1. The highest BCUT2D eigenvalue weighted by Crippen LogP contribution is 2.31. The van der Waals surface area contributed by atoms with Crippen LogP contribution in [0.3, 0.4) is 0 Å². The monoisotopic (exact) mass is 451 g/mol. The van der Waals surface area contributed by atoms with Crippen LogP contribution in [0.2, 0.25) is 0 Å². The summed E-state index contributed by atoms with van der Waals surface area (Å²) in [5.41, 5.74) is 10.1. The molecule has 0 unspecified atom stereocenters. The number of pyridine rings is 1. The van der Waals surface area contributed by atoms with Gasteiger partial charge in [-0.25, -0.2) is 4.98 Å². The molecule has 0 amide bonds. The number of H-pyrrole nitrogens is 1. The molecule has 0 saturated carbocycles. The van der Waals surface area contributed by atoms with Gasteiger partial charge in [-0.15, -0.1) is 0 Å². The maximum Gasteiger partial charge on any atom is 0.138 e. The van der Waals surface area contributed by atoms with Crippen LogP contribution in [-0.4, -0.2) is 37.7 Å². The van der Waals surface area contributed by atoms with Gasteiger partial charge in [0.15, 0.2) is 0 Å². The number of aromatic nitrogens is 4. The van der Waals surface area contributed by atoms with E-state index in [9.17, 15) is 0 Å². The standard InChI is InChI=1S/C29H33N5/c1-5-28-25(15-20(2)27-18-31-33(4)21(27)3)26-16-24(17-30-29(26)32-28)23-11-9-22(10-12-23)19-34-13-7-6-8-14-34/h5,9-12,15-18H,1,6-8,13-14,19H2,2-4H3,(H,30,32)/b20-15+. The normalized spacial score (nSPS) is 15.2. The smallest absolute Gasteiger partial charge is 0.138 e. The van der Waals surface area contributed by atoms with Crippen molar-refractivity contribution in [1.82, 2.24) is 24.6 Å². The zero-order chi connectivity index (χ0) is 23.7. The number of benzene rings is 1. The molecule has 3 aromatic heterocycles. The number of nitrogens with zero attached hydrogens (tertiary/aromatic N) is 4. The maximum atomic E-state index is 4.75. The third-order valence-electron chi connectivity index (χ3n) is 7.09. The molecule has 34 heavy (non-hydrogen) atoms. The van der Waals surface area contributed by atoms with Crippen LogP contribution in [0.1, 0.15) is 54.3 Å². The Morgan fingerprint density at radius 2 is 1.85 bits per heavy atom. The first kappa shape index (κ1) is 22.4. The van der Waals surface area contributed by atoms with Gasteiger partial charge in [-0.05, 0) is 74.7 Å². The molecular formula is C29H33N5. The minimum absolute atomic E-state index is 0.877. The summed E-state index contributed by atoms with van der Waals surface area (Å²) in [4.78, 5) is 10.7. The molecule has 1 N–H and O–H groups in total. The largest absolute Gasteiger partial charge is 0.339 e. The first-order valence-electron chi connectivity index (χ1n) is 12.2. The van der Waals surface area contributed by atoms with Crippen LogP contribution in [0.4, 0.5) is 0 Å². The summed E-state index contributed by atoms with van der Waals surface area (Å²) in [6.45, 7) is 11.7. The molecule has 1 fully saturated rings. The van der Waals surface area contributed by atoms with Gasteiger partial charge < -0.3 is 4.98 Å². The molecule has 0 radical (unpaired) electrons. The van der Waals surface area contributed by atoms with Crippen molar-refractivity contribution >= 4 is 28.8 Å². The number of allylic oxidation sites excluding steroid dienone is 1. The Hall–Kier alpha value is -3.44. The van der Waals surface area contributed by atoms with Crippen LogP contribution in [0, 0.1) is 6.92 Å². The van der Waals surface area contributed by atoms with Crippen molar-refractivity contribution in [3.8, 4) is 11.1 Å². The molecule has 1 saturated heterocycles. The first-order chi connectivity index (χ1) is 16.5. The Bertz CT molecular complexity index is 1350. The van der Waals surface area contributed by atoms with E-state index in [1.807, 2.05) is 30.2 Å². The van der Waals surface area contributed by atoms with E-state index >= 15 is 0 Å². The predicted octanol–water partition coefficient (Wildman–Crippen LogP) is 6.46. The minimum atomic E-state index is 0.877. The van der Waals surface area contributed by atoms with E-state index in [2.05, 4.69) is 71.8 Å². The quantitative estimate of drug-likeness (QED) is 0.366. The molecule has 5 heteroatoms. The third kappa shape index (κ3) is 4.36. The second-order valence-electron chi connectivity index (χ2n) is 9.40. The first-order valence-corrected chi connectivity index (χ1v) is 12.2. The minimum Gasteiger partial charge on any atom is -0.339 e. The van der Waals surface area contributed by atoms with Crippen molar-refractivity contribution in [2.24, 2.45) is 7.05 Å². The molecule has 4 aromatic rings. The Morgan fingerprint density at radius 3 is 2.53 bits per heavy atom. The van der Waals surface area contributed by atoms with Crippen molar-refractivity contribution in [2.45, 2.75) is 39.7 Å². The Morgan fingerprint density at radius 1 is 1.09 bits per heavy atom. The lowest BCUT2D eigenvalue weighted by molar-refractivity contribution is 0.221. The lowest BCUT2D eigenvalue weighted by atomic mass is 10.0. The number of hydrogen-bond donors (Lipinski definition) is 1. The zero-order valence-electron chi connectivity index (χ0n) is 20.4. The highest BCUT2D eigenvalue weighted by molar-refractivity contribution is 5.97. The van der Waals surface area contributed by atoms with Crippen molar-refractivity contribution < 1.29 is 0 Å². The molecule has 0 bridgehead atoms. The van der Waals surface area contributed by atoms with Crippen LogP contribution >= 0.6 is 0 Å². The summed E-state index contributed by atoms with van der Waals surface area (Å²) in [7, 11) is 1.97. The van der Waals surface area contributed by atoms with E-state index in [0.717, 1.165) is 45.7 Å². The van der Waals surface area contributed by atoms with Gasteiger partial charge in [0.1, 0.15) is 5.65 Å². The SMILES string of the molecule is C=Cc1[nH]c2ncc(-c3ccc(CN4CCCCC4)cc3)cc2c1/C=C(\C)c1cnn(C)c1C. The average Bonchev–Trinajstić information content (AvgIpc) is 3.39. The summed E-state index contributed by atoms with van der Waals surface area (Å²) < 4.78 is 1.91. The van der Waals surface area contributed by atoms with Crippen LogP contribution in [-0.2, 0) is 13.6 Å². The highest BCUT2D eigenvalue weighted by atomic mass is 15.3. The van der Waals surface area contributed by atoms with Gasteiger partial charge in [-0.1, -0.05) is 37.3 Å². The number of rotatable bonds is 6. The van der Waals surface area contributed by atoms with E-state index in [-0.39, 0.29) is 0 Å². The highest BCUT2D eigenvalue weighted by Gasteiger charge is 2.14. The van der Waals surface area contributed by atoms with Gasteiger partial charge in [0, 0.05) is 53.3 Å². The fourth-order valence-electron chi connectivity index (χ4n) is 4.94.